The third-order valence-corrected chi connectivity index (χ3v) is 5.13. The molecule has 1 aromatic carbocycles. The molecule has 2 heterocycles. The van der Waals surface area contributed by atoms with E-state index >= 15 is 0 Å². The molecule has 1 N–H and O–H groups in total. The van der Waals surface area contributed by atoms with E-state index in [1.807, 2.05) is 24.3 Å². The Morgan fingerprint density at radius 3 is 2.77 bits per heavy atom. The quantitative estimate of drug-likeness (QED) is 0.774. The number of likely N-dealkylation sites (tertiary alicyclic amines) is 1. The number of hydrogen-bond acceptors (Lipinski definition) is 4. The number of fused-ring (bicyclic) bond motifs is 1. The molecule has 1 aromatic heterocycles. The van der Waals surface area contributed by atoms with Crippen molar-refractivity contribution < 1.29 is 4.79 Å². The molecule has 0 radical (unpaired) electrons. The average Bonchev–Trinajstić information content (AvgIpc) is 2.68. The Morgan fingerprint density at radius 2 is 2.00 bits per heavy atom. The lowest BCUT2D eigenvalue weighted by Crippen LogP contribution is -2.43. The van der Waals surface area contributed by atoms with E-state index in [0.29, 0.717) is 12.1 Å². The maximum absolute atomic E-state index is 12.6. The molecule has 1 amide bonds. The van der Waals surface area contributed by atoms with Crippen molar-refractivity contribution in [2.45, 2.75) is 45.7 Å². The van der Waals surface area contributed by atoms with Crippen LogP contribution < -0.4 is 10.9 Å². The van der Waals surface area contributed by atoms with Gasteiger partial charge in [-0.05, 0) is 25.3 Å². The van der Waals surface area contributed by atoms with Gasteiger partial charge in [0, 0.05) is 30.9 Å². The van der Waals surface area contributed by atoms with Crippen LogP contribution in [0.3, 0.4) is 0 Å². The smallest absolute Gasteiger partial charge is 0.275 e. The summed E-state index contributed by atoms with van der Waals surface area (Å²) in [6.45, 7) is 5.05. The van der Waals surface area contributed by atoms with Gasteiger partial charge in [0.1, 0.15) is 0 Å². The fourth-order valence-corrected chi connectivity index (χ4v) is 3.49. The molecule has 1 fully saturated rings. The first-order chi connectivity index (χ1) is 12.7. The van der Waals surface area contributed by atoms with Crippen LogP contribution in [0, 0.1) is 5.92 Å². The van der Waals surface area contributed by atoms with Gasteiger partial charge in [-0.3, -0.25) is 14.5 Å². The molecule has 0 unspecified atom stereocenters. The Hall–Kier alpha value is -2.21. The third-order valence-electron chi connectivity index (χ3n) is 5.13. The molecule has 0 saturated carbocycles. The van der Waals surface area contributed by atoms with Crippen molar-refractivity contribution in [3.8, 4) is 0 Å². The number of carbonyl (C=O) groups excluding carboxylic acids is 1. The van der Waals surface area contributed by atoms with Crippen LogP contribution in [0.25, 0.3) is 10.8 Å². The van der Waals surface area contributed by atoms with Crippen LogP contribution in [0.4, 0.5) is 0 Å². The van der Waals surface area contributed by atoms with E-state index < -0.39 is 0 Å². The minimum atomic E-state index is -0.0566. The Morgan fingerprint density at radius 1 is 1.23 bits per heavy atom. The number of unbranched alkanes of at least 4 members (excludes halogenated alkanes) is 2. The highest BCUT2D eigenvalue weighted by Gasteiger charge is 2.25. The molecule has 0 aliphatic carbocycles. The summed E-state index contributed by atoms with van der Waals surface area (Å²) >= 11 is 0. The summed E-state index contributed by atoms with van der Waals surface area (Å²) in [4.78, 5) is 27.0. The summed E-state index contributed by atoms with van der Waals surface area (Å²) in [5.41, 5.74) is -0.0566. The summed E-state index contributed by atoms with van der Waals surface area (Å²) in [6.07, 6.45) is 6.79. The SMILES string of the molecule is CCCCCNC(=O)C1CCN(Cn2ncc3ccccc3c2=O)CC1. The number of amides is 1. The lowest BCUT2D eigenvalue weighted by Gasteiger charge is -2.31. The minimum absolute atomic E-state index is 0.0566. The maximum Gasteiger partial charge on any atom is 0.275 e. The van der Waals surface area contributed by atoms with Gasteiger partial charge in [-0.15, -0.1) is 0 Å². The van der Waals surface area contributed by atoms with Gasteiger partial charge < -0.3 is 5.32 Å². The van der Waals surface area contributed by atoms with Gasteiger partial charge in [0.25, 0.3) is 5.56 Å². The first-order valence-electron chi connectivity index (χ1n) is 9.64. The van der Waals surface area contributed by atoms with Gasteiger partial charge in [0.05, 0.1) is 18.3 Å². The molecule has 1 aliphatic heterocycles. The Labute approximate surface area is 154 Å². The van der Waals surface area contributed by atoms with Crippen molar-refractivity contribution in [2.24, 2.45) is 5.92 Å². The van der Waals surface area contributed by atoms with Gasteiger partial charge in [0.15, 0.2) is 0 Å². The Kier molecular flexibility index (Phi) is 6.39. The number of nitrogens with zero attached hydrogens (tertiary/aromatic N) is 3. The fourth-order valence-electron chi connectivity index (χ4n) is 3.49. The first kappa shape index (κ1) is 18.6. The highest BCUT2D eigenvalue weighted by molar-refractivity contribution is 5.80. The van der Waals surface area contributed by atoms with E-state index in [1.165, 1.54) is 4.68 Å². The van der Waals surface area contributed by atoms with Gasteiger partial charge in [-0.25, -0.2) is 4.68 Å². The van der Waals surface area contributed by atoms with E-state index in [1.54, 1.807) is 6.20 Å². The molecule has 6 nitrogen and oxygen atoms in total. The molecule has 26 heavy (non-hydrogen) atoms. The van der Waals surface area contributed by atoms with Crippen LogP contribution in [0.1, 0.15) is 39.0 Å². The number of piperidine rings is 1. The van der Waals surface area contributed by atoms with Crippen molar-refractivity contribution in [2.75, 3.05) is 19.6 Å². The molecule has 2 aromatic rings. The predicted octanol–water partition coefficient (Wildman–Crippen LogP) is 2.37. The second-order valence-corrected chi connectivity index (χ2v) is 7.07. The molecule has 6 heteroatoms. The number of aromatic nitrogens is 2. The summed E-state index contributed by atoms with van der Waals surface area (Å²) in [5, 5.41) is 8.92. The van der Waals surface area contributed by atoms with Crippen LogP contribution in [-0.4, -0.2) is 40.2 Å². The number of nitrogens with one attached hydrogen (secondary N) is 1. The standard InChI is InChI=1S/C20H28N4O2/c1-2-3-6-11-21-19(25)16-9-12-23(13-10-16)15-24-20(26)18-8-5-4-7-17(18)14-22-24/h4-5,7-8,14,16H,2-3,6,9-13,15H2,1H3,(H,21,25). The van der Waals surface area contributed by atoms with Crippen LogP contribution in [-0.2, 0) is 11.5 Å². The van der Waals surface area contributed by atoms with E-state index in [0.717, 1.165) is 57.1 Å². The van der Waals surface area contributed by atoms with Gasteiger partial charge in [-0.2, -0.15) is 5.10 Å². The van der Waals surface area contributed by atoms with Crippen LogP contribution in [0.15, 0.2) is 35.3 Å². The van der Waals surface area contributed by atoms with Crippen molar-refractivity contribution in [1.82, 2.24) is 20.0 Å². The first-order valence-corrected chi connectivity index (χ1v) is 9.64. The maximum atomic E-state index is 12.6. The molecule has 1 saturated heterocycles. The average molecular weight is 356 g/mol. The molecule has 140 valence electrons. The van der Waals surface area contributed by atoms with Crippen LogP contribution >= 0.6 is 0 Å². The van der Waals surface area contributed by atoms with Crippen molar-refractivity contribution >= 4 is 16.7 Å². The van der Waals surface area contributed by atoms with Crippen LogP contribution in [0.2, 0.25) is 0 Å². The van der Waals surface area contributed by atoms with E-state index in [4.69, 9.17) is 0 Å². The zero-order valence-corrected chi connectivity index (χ0v) is 15.5. The summed E-state index contributed by atoms with van der Waals surface area (Å²) in [6, 6.07) is 7.52. The molecule has 0 bridgehead atoms. The molecular weight excluding hydrogens is 328 g/mol. The summed E-state index contributed by atoms with van der Waals surface area (Å²) < 4.78 is 1.52. The fraction of sp³-hybridized carbons (Fsp3) is 0.550. The van der Waals surface area contributed by atoms with Gasteiger partial charge in [0.2, 0.25) is 5.91 Å². The second kappa shape index (κ2) is 8.94. The largest absolute Gasteiger partial charge is 0.356 e. The summed E-state index contributed by atoms with van der Waals surface area (Å²) in [5.74, 6) is 0.274. The number of rotatable bonds is 7. The Balaban J connectivity index is 1.52. The number of carbonyl (C=O) groups is 1. The zero-order valence-electron chi connectivity index (χ0n) is 15.5. The molecular formula is C20H28N4O2. The second-order valence-electron chi connectivity index (χ2n) is 7.07. The topological polar surface area (TPSA) is 67.2 Å². The van der Waals surface area contributed by atoms with Crippen LogP contribution in [0.5, 0.6) is 0 Å². The molecule has 3 rings (SSSR count). The lowest BCUT2D eigenvalue weighted by atomic mass is 9.96. The summed E-state index contributed by atoms with van der Waals surface area (Å²) in [7, 11) is 0. The number of benzene rings is 1. The third kappa shape index (κ3) is 4.49. The zero-order chi connectivity index (χ0) is 18.4. The monoisotopic (exact) mass is 356 g/mol. The van der Waals surface area contributed by atoms with E-state index in [2.05, 4.69) is 22.2 Å². The molecule has 1 aliphatic rings. The van der Waals surface area contributed by atoms with E-state index in [-0.39, 0.29) is 17.4 Å². The molecule has 0 atom stereocenters. The Bertz CT molecular complexity index is 794. The van der Waals surface area contributed by atoms with Gasteiger partial charge >= 0.3 is 0 Å². The van der Waals surface area contributed by atoms with E-state index in [9.17, 15) is 9.59 Å². The van der Waals surface area contributed by atoms with Crippen molar-refractivity contribution in [3.63, 3.8) is 0 Å². The highest BCUT2D eigenvalue weighted by atomic mass is 16.2. The lowest BCUT2D eigenvalue weighted by molar-refractivity contribution is -0.126. The molecule has 0 spiro atoms. The predicted molar refractivity (Wildman–Crippen MR) is 103 cm³/mol. The van der Waals surface area contributed by atoms with Gasteiger partial charge in [-0.1, -0.05) is 38.0 Å². The highest BCUT2D eigenvalue weighted by Crippen LogP contribution is 2.17. The number of hydrogen-bond donors (Lipinski definition) is 1. The minimum Gasteiger partial charge on any atom is -0.356 e. The van der Waals surface area contributed by atoms with Crippen molar-refractivity contribution in [3.05, 3.63) is 40.8 Å². The normalized spacial score (nSPS) is 16.0. The van der Waals surface area contributed by atoms with Crippen molar-refractivity contribution in [1.29, 1.82) is 0 Å².